The fraction of sp³-hybridized carbons (Fsp3) is 0.189. The van der Waals surface area contributed by atoms with E-state index >= 15 is 0 Å². The van der Waals surface area contributed by atoms with Gasteiger partial charge in [-0.3, -0.25) is 14.8 Å². The van der Waals surface area contributed by atoms with Crippen molar-refractivity contribution in [3.05, 3.63) is 136 Å². The Morgan fingerprint density at radius 1 is 0.979 bits per heavy atom. The van der Waals surface area contributed by atoms with Crippen molar-refractivity contribution < 1.29 is 29.8 Å². The Morgan fingerprint density at radius 3 is 2.40 bits per heavy atom. The first-order chi connectivity index (χ1) is 23.1. The van der Waals surface area contributed by atoms with E-state index in [0.717, 1.165) is 39.5 Å². The van der Waals surface area contributed by atoms with Gasteiger partial charge in [0.25, 0.3) is 5.91 Å². The molecule has 0 saturated heterocycles. The number of benzene rings is 3. The van der Waals surface area contributed by atoms with Crippen LogP contribution in [0, 0.1) is 0 Å². The molecule has 5 rings (SSSR count). The summed E-state index contributed by atoms with van der Waals surface area (Å²) in [5.74, 6) is -1.78. The average molecular weight is 665 g/mol. The third-order valence-corrected chi connectivity index (χ3v) is 8.61. The topological polar surface area (TPSA) is 156 Å². The first-order valence-electron chi connectivity index (χ1n) is 15.4. The van der Waals surface area contributed by atoms with Crippen molar-refractivity contribution >= 4 is 46.3 Å². The van der Waals surface area contributed by atoms with E-state index in [4.69, 9.17) is 18.0 Å². The zero-order chi connectivity index (χ0) is 34.4. The molecule has 0 fully saturated rings. The van der Waals surface area contributed by atoms with E-state index in [1.54, 1.807) is 42.5 Å². The van der Waals surface area contributed by atoms with Gasteiger partial charge in [-0.1, -0.05) is 49.1 Å². The Balaban J connectivity index is 1.43. The number of amides is 1. The quantitative estimate of drug-likeness (QED) is 0.0562. The SMILES string of the molecule is C=CC(=O)N(O)CCCCN(Cc1ccc(CN)cc1)C(=S)Nc1ccc(C2=C3C=CC(=O)C=C3Cc3cc(O)ccc32)c(C(=O)O)c1. The Hall–Kier alpha value is -5.36. The molecule has 0 aromatic heterocycles. The smallest absolute Gasteiger partial charge is 0.336 e. The third-order valence-electron chi connectivity index (χ3n) is 8.25. The van der Waals surface area contributed by atoms with Gasteiger partial charge in [-0.25, -0.2) is 9.86 Å². The molecule has 10 nitrogen and oxygen atoms in total. The number of anilines is 1. The molecule has 2 aliphatic carbocycles. The highest BCUT2D eigenvalue weighted by Crippen LogP contribution is 2.43. The predicted molar refractivity (Wildman–Crippen MR) is 187 cm³/mol. The first-order valence-corrected chi connectivity index (χ1v) is 15.8. The fourth-order valence-corrected chi connectivity index (χ4v) is 6.10. The molecule has 48 heavy (non-hydrogen) atoms. The van der Waals surface area contributed by atoms with Crippen LogP contribution < -0.4 is 11.1 Å². The summed E-state index contributed by atoms with van der Waals surface area (Å²) in [6.07, 6.45) is 7.31. The van der Waals surface area contributed by atoms with Gasteiger partial charge in [0.15, 0.2) is 10.9 Å². The van der Waals surface area contributed by atoms with Crippen LogP contribution >= 0.6 is 12.2 Å². The molecule has 0 radical (unpaired) electrons. The number of carboxylic acids is 1. The largest absolute Gasteiger partial charge is 0.508 e. The number of unbranched alkanes of at least 4 members (excludes halogenated alkanes) is 1. The Morgan fingerprint density at radius 2 is 1.69 bits per heavy atom. The summed E-state index contributed by atoms with van der Waals surface area (Å²) in [6.45, 7) is 4.88. The summed E-state index contributed by atoms with van der Waals surface area (Å²) < 4.78 is 0. The minimum Gasteiger partial charge on any atom is -0.508 e. The summed E-state index contributed by atoms with van der Waals surface area (Å²) >= 11 is 5.82. The number of carbonyl (C=O) groups excluding carboxylic acids is 2. The van der Waals surface area contributed by atoms with Crippen LogP contribution in [0.15, 0.2) is 103 Å². The number of carboxylic acid groups (broad SMARTS) is 1. The number of fused-ring (bicyclic) bond motifs is 2. The summed E-state index contributed by atoms with van der Waals surface area (Å²) in [6, 6.07) is 17.8. The molecule has 0 unspecified atom stereocenters. The molecule has 11 heteroatoms. The number of thiocarbonyl (C=S) groups is 1. The van der Waals surface area contributed by atoms with Crippen LogP contribution in [0.3, 0.4) is 0 Å². The molecule has 6 N–H and O–H groups in total. The summed E-state index contributed by atoms with van der Waals surface area (Å²) in [7, 11) is 0. The van der Waals surface area contributed by atoms with Gasteiger partial charge in [0.05, 0.1) is 5.56 Å². The molecular formula is C37H36N4O6S. The maximum absolute atomic E-state index is 12.7. The van der Waals surface area contributed by atoms with E-state index in [1.807, 2.05) is 29.2 Å². The Bertz CT molecular complexity index is 1880. The zero-order valence-electron chi connectivity index (χ0n) is 26.2. The highest BCUT2D eigenvalue weighted by Gasteiger charge is 2.28. The lowest BCUT2D eigenvalue weighted by Gasteiger charge is -2.28. The summed E-state index contributed by atoms with van der Waals surface area (Å²) in [5, 5.41) is 34.6. The predicted octanol–water partition coefficient (Wildman–Crippen LogP) is 5.36. The van der Waals surface area contributed by atoms with E-state index in [9.17, 15) is 29.8 Å². The fourth-order valence-electron chi connectivity index (χ4n) is 5.82. The second kappa shape index (κ2) is 15.0. The molecule has 246 valence electrons. The van der Waals surface area contributed by atoms with Crippen LogP contribution in [-0.2, 0) is 29.1 Å². The monoisotopic (exact) mass is 664 g/mol. The Kier molecular flexibility index (Phi) is 10.6. The van der Waals surface area contributed by atoms with E-state index < -0.39 is 11.9 Å². The van der Waals surface area contributed by atoms with Gasteiger partial charge < -0.3 is 26.2 Å². The number of rotatable bonds is 12. The standard InChI is InChI=1S/C37H36N4O6S/c1-2-34(44)41(47)16-4-3-15-40(22-24-7-5-23(21-38)6-8-24)37(48)39-27-9-12-32(33(20-27)36(45)46)35-30-13-10-28(42)18-25(30)17-26-19-29(43)11-14-31(26)35/h2,5-14,18-20,42,47H,1,3-4,15-17,21-22,38H2,(H,39,48)(H,45,46). The molecule has 0 spiro atoms. The van der Waals surface area contributed by atoms with Gasteiger partial charge in [0, 0.05) is 31.9 Å². The molecule has 0 atom stereocenters. The minimum absolute atomic E-state index is 0.0368. The van der Waals surface area contributed by atoms with Crippen LogP contribution in [0.4, 0.5) is 5.69 Å². The number of aromatic carboxylic acids is 1. The van der Waals surface area contributed by atoms with Crippen LogP contribution in [0.2, 0.25) is 0 Å². The molecule has 0 heterocycles. The van der Waals surface area contributed by atoms with Crippen molar-refractivity contribution in [2.45, 2.75) is 32.4 Å². The number of phenolic OH excluding ortho intramolecular Hbond substituents is 1. The van der Waals surface area contributed by atoms with Gasteiger partial charge in [-0.05, 0) is 119 Å². The Labute approximate surface area is 283 Å². The average Bonchev–Trinajstić information content (AvgIpc) is 3.08. The number of carbonyl (C=O) groups is 3. The number of hydrogen-bond donors (Lipinski definition) is 5. The van der Waals surface area contributed by atoms with Gasteiger partial charge in [-0.15, -0.1) is 0 Å². The molecule has 2 aliphatic rings. The number of ketones is 1. The van der Waals surface area contributed by atoms with Crippen molar-refractivity contribution in [1.29, 1.82) is 0 Å². The van der Waals surface area contributed by atoms with Crippen molar-refractivity contribution in [1.82, 2.24) is 9.96 Å². The number of hydroxylamine groups is 2. The molecule has 1 amide bonds. The van der Waals surface area contributed by atoms with Crippen molar-refractivity contribution in [2.75, 3.05) is 18.4 Å². The zero-order valence-corrected chi connectivity index (χ0v) is 27.0. The highest BCUT2D eigenvalue weighted by atomic mass is 32.1. The highest BCUT2D eigenvalue weighted by molar-refractivity contribution is 7.80. The first kappa shape index (κ1) is 34.0. The molecule has 3 aromatic carbocycles. The number of nitrogens with one attached hydrogen (secondary N) is 1. The third kappa shape index (κ3) is 7.77. The van der Waals surface area contributed by atoms with Gasteiger partial charge in [0.1, 0.15) is 5.75 Å². The molecule has 0 saturated carbocycles. The number of phenols is 1. The second-order valence-corrected chi connectivity index (χ2v) is 11.9. The lowest BCUT2D eigenvalue weighted by molar-refractivity contribution is -0.159. The van der Waals surface area contributed by atoms with Gasteiger partial charge >= 0.3 is 5.97 Å². The summed E-state index contributed by atoms with van der Waals surface area (Å²) in [5.41, 5.74) is 12.5. The van der Waals surface area contributed by atoms with Crippen molar-refractivity contribution in [3.63, 3.8) is 0 Å². The molecule has 3 aromatic rings. The van der Waals surface area contributed by atoms with Crippen molar-refractivity contribution in [2.24, 2.45) is 5.73 Å². The number of hydrogen-bond acceptors (Lipinski definition) is 7. The molecule has 0 bridgehead atoms. The van der Waals surface area contributed by atoms with Crippen LogP contribution in [0.1, 0.15) is 51.0 Å². The normalized spacial score (nSPS) is 13.3. The number of aromatic hydroxyl groups is 1. The summed E-state index contributed by atoms with van der Waals surface area (Å²) in [4.78, 5) is 38.5. The lowest BCUT2D eigenvalue weighted by atomic mass is 9.76. The number of allylic oxidation sites excluding steroid dienone is 5. The lowest BCUT2D eigenvalue weighted by Crippen LogP contribution is -2.35. The van der Waals surface area contributed by atoms with Crippen LogP contribution in [0.25, 0.3) is 5.57 Å². The van der Waals surface area contributed by atoms with E-state index in [-0.39, 0.29) is 23.6 Å². The van der Waals surface area contributed by atoms with E-state index in [0.29, 0.717) is 65.9 Å². The number of nitrogens with zero attached hydrogens (tertiary/aromatic N) is 2. The van der Waals surface area contributed by atoms with E-state index in [1.165, 1.54) is 12.1 Å². The molecular weight excluding hydrogens is 628 g/mol. The van der Waals surface area contributed by atoms with Crippen LogP contribution in [-0.4, -0.2) is 61.2 Å². The van der Waals surface area contributed by atoms with Crippen LogP contribution in [0.5, 0.6) is 5.75 Å². The second-order valence-electron chi connectivity index (χ2n) is 11.5. The van der Waals surface area contributed by atoms with Crippen molar-refractivity contribution in [3.8, 4) is 5.75 Å². The number of nitrogens with two attached hydrogens (primary N) is 1. The van der Waals surface area contributed by atoms with E-state index in [2.05, 4.69) is 11.9 Å². The maximum Gasteiger partial charge on any atom is 0.336 e. The van der Waals surface area contributed by atoms with Gasteiger partial charge in [-0.2, -0.15) is 0 Å². The molecule has 0 aliphatic heterocycles. The maximum atomic E-state index is 12.7. The van der Waals surface area contributed by atoms with Gasteiger partial charge in [0.2, 0.25) is 0 Å². The minimum atomic E-state index is -1.14.